The smallest absolute Gasteiger partial charge is 0.224 e. The van der Waals surface area contributed by atoms with Crippen LogP contribution in [0.3, 0.4) is 0 Å². The highest BCUT2D eigenvalue weighted by atomic mass is 19.1. The molecule has 0 bridgehead atoms. The molecule has 26 heavy (non-hydrogen) atoms. The molecular formula is C22H24FNO2. The van der Waals surface area contributed by atoms with Gasteiger partial charge in [-0.1, -0.05) is 36.8 Å². The summed E-state index contributed by atoms with van der Waals surface area (Å²) in [6.07, 6.45) is 6.79. The van der Waals surface area contributed by atoms with Gasteiger partial charge in [0.15, 0.2) is 0 Å². The lowest BCUT2D eigenvalue weighted by atomic mass is 9.77. The molecule has 1 N–H and O–H groups in total. The topological polar surface area (TPSA) is 38.3 Å². The standard InChI is InChI=1S/C22H24FNO2/c23-17-10-8-16(9-11-17)14-21(25)24-19-15-22(12-4-1-5-13-22)26-20-7-3-2-6-18(19)20/h2-3,6-11,19H,1,4-5,12-15H2,(H,24,25)/t19-/m1/s1. The Morgan fingerprint density at radius 2 is 1.81 bits per heavy atom. The summed E-state index contributed by atoms with van der Waals surface area (Å²) in [6, 6.07) is 14.1. The van der Waals surface area contributed by atoms with E-state index in [0.717, 1.165) is 36.1 Å². The number of benzene rings is 2. The Bertz CT molecular complexity index is 781. The van der Waals surface area contributed by atoms with E-state index in [0.29, 0.717) is 0 Å². The highest BCUT2D eigenvalue weighted by Crippen LogP contribution is 2.46. The van der Waals surface area contributed by atoms with E-state index in [-0.39, 0.29) is 29.8 Å². The maximum atomic E-state index is 13.1. The van der Waals surface area contributed by atoms with Crippen LogP contribution in [0.25, 0.3) is 0 Å². The van der Waals surface area contributed by atoms with Crippen molar-refractivity contribution in [2.75, 3.05) is 0 Å². The number of halogens is 1. The Morgan fingerprint density at radius 1 is 1.08 bits per heavy atom. The molecule has 2 aliphatic rings. The third-order valence-electron chi connectivity index (χ3n) is 5.57. The van der Waals surface area contributed by atoms with Crippen molar-refractivity contribution in [3.05, 3.63) is 65.5 Å². The van der Waals surface area contributed by atoms with Crippen molar-refractivity contribution >= 4 is 5.91 Å². The second-order valence-electron chi connectivity index (χ2n) is 7.51. The van der Waals surface area contributed by atoms with E-state index in [1.54, 1.807) is 12.1 Å². The number of carbonyl (C=O) groups excluding carboxylic acids is 1. The van der Waals surface area contributed by atoms with Crippen molar-refractivity contribution in [1.82, 2.24) is 5.32 Å². The Balaban J connectivity index is 1.52. The average molecular weight is 353 g/mol. The summed E-state index contributed by atoms with van der Waals surface area (Å²) in [5, 5.41) is 3.20. The van der Waals surface area contributed by atoms with Gasteiger partial charge in [-0.05, 0) is 49.4 Å². The summed E-state index contributed by atoms with van der Waals surface area (Å²) in [6.45, 7) is 0. The molecule has 0 saturated heterocycles. The van der Waals surface area contributed by atoms with Gasteiger partial charge >= 0.3 is 0 Å². The molecule has 4 rings (SSSR count). The monoisotopic (exact) mass is 353 g/mol. The zero-order valence-corrected chi connectivity index (χ0v) is 14.8. The first-order chi connectivity index (χ1) is 12.6. The number of carbonyl (C=O) groups is 1. The lowest BCUT2D eigenvalue weighted by molar-refractivity contribution is -0.122. The van der Waals surface area contributed by atoms with Crippen LogP contribution >= 0.6 is 0 Å². The Kier molecular flexibility index (Phi) is 4.66. The Morgan fingerprint density at radius 3 is 2.58 bits per heavy atom. The van der Waals surface area contributed by atoms with Crippen LogP contribution in [0.4, 0.5) is 4.39 Å². The van der Waals surface area contributed by atoms with Gasteiger partial charge in [0.05, 0.1) is 12.5 Å². The zero-order valence-electron chi connectivity index (χ0n) is 14.8. The summed E-state index contributed by atoms with van der Waals surface area (Å²) < 4.78 is 19.5. The molecule has 0 aromatic heterocycles. The molecule has 1 fully saturated rings. The van der Waals surface area contributed by atoms with Gasteiger partial charge < -0.3 is 10.1 Å². The van der Waals surface area contributed by atoms with Crippen molar-refractivity contribution in [2.45, 2.75) is 56.6 Å². The van der Waals surface area contributed by atoms with Gasteiger partial charge in [-0.2, -0.15) is 0 Å². The molecular weight excluding hydrogens is 329 g/mol. The van der Waals surface area contributed by atoms with Crippen LogP contribution < -0.4 is 10.1 Å². The lowest BCUT2D eigenvalue weighted by Crippen LogP contribution is -2.46. The predicted octanol–water partition coefficient (Wildman–Crippen LogP) is 4.71. The molecule has 1 spiro atoms. The molecule has 1 saturated carbocycles. The maximum Gasteiger partial charge on any atom is 0.224 e. The minimum Gasteiger partial charge on any atom is -0.487 e. The Labute approximate surface area is 153 Å². The second kappa shape index (κ2) is 7.10. The number of rotatable bonds is 3. The van der Waals surface area contributed by atoms with Gasteiger partial charge in [-0.25, -0.2) is 4.39 Å². The number of fused-ring (bicyclic) bond motifs is 1. The molecule has 1 aliphatic carbocycles. The molecule has 2 aromatic carbocycles. The summed E-state index contributed by atoms with van der Waals surface area (Å²) in [4.78, 5) is 12.6. The van der Waals surface area contributed by atoms with Crippen molar-refractivity contribution in [3.63, 3.8) is 0 Å². The highest BCUT2D eigenvalue weighted by Gasteiger charge is 2.42. The van der Waals surface area contributed by atoms with Crippen LogP contribution in [0.5, 0.6) is 5.75 Å². The van der Waals surface area contributed by atoms with Crippen molar-refractivity contribution in [2.24, 2.45) is 0 Å². The summed E-state index contributed by atoms with van der Waals surface area (Å²) in [5.74, 6) is 0.573. The molecule has 1 heterocycles. The Hall–Kier alpha value is -2.36. The van der Waals surface area contributed by atoms with Crippen molar-refractivity contribution in [1.29, 1.82) is 0 Å². The SMILES string of the molecule is O=C(Cc1ccc(F)cc1)N[C@@H]1CC2(CCCCC2)Oc2ccccc21. The summed E-state index contributed by atoms with van der Waals surface area (Å²) in [7, 11) is 0. The minimum atomic E-state index is -0.285. The van der Waals surface area contributed by atoms with Crippen molar-refractivity contribution < 1.29 is 13.9 Å². The van der Waals surface area contributed by atoms with Crippen LogP contribution in [0.2, 0.25) is 0 Å². The highest BCUT2D eigenvalue weighted by molar-refractivity contribution is 5.79. The van der Waals surface area contributed by atoms with E-state index in [1.807, 2.05) is 24.3 Å². The first-order valence-corrected chi connectivity index (χ1v) is 9.45. The molecule has 1 aliphatic heterocycles. The van der Waals surface area contributed by atoms with E-state index in [2.05, 4.69) is 5.32 Å². The molecule has 2 aromatic rings. The molecule has 3 nitrogen and oxygen atoms in total. The van der Waals surface area contributed by atoms with Gasteiger partial charge in [0, 0.05) is 12.0 Å². The van der Waals surface area contributed by atoms with Crippen LogP contribution in [-0.2, 0) is 11.2 Å². The van der Waals surface area contributed by atoms with Gasteiger partial charge in [-0.15, -0.1) is 0 Å². The second-order valence-corrected chi connectivity index (χ2v) is 7.51. The first kappa shape index (κ1) is 17.1. The van der Waals surface area contributed by atoms with Crippen LogP contribution in [0.15, 0.2) is 48.5 Å². The van der Waals surface area contributed by atoms with Crippen LogP contribution in [0, 0.1) is 5.82 Å². The number of para-hydroxylation sites is 1. The largest absolute Gasteiger partial charge is 0.487 e. The molecule has 0 unspecified atom stereocenters. The molecule has 1 atom stereocenters. The number of amides is 1. The fraction of sp³-hybridized carbons (Fsp3) is 0.409. The number of nitrogens with one attached hydrogen (secondary N) is 1. The zero-order chi connectivity index (χ0) is 18.0. The summed E-state index contributed by atoms with van der Waals surface area (Å²) in [5.41, 5.74) is 1.72. The van der Waals surface area contributed by atoms with Gasteiger partial charge in [0.1, 0.15) is 17.2 Å². The fourth-order valence-corrected chi connectivity index (χ4v) is 4.28. The quantitative estimate of drug-likeness (QED) is 0.868. The minimum absolute atomic E-state index is 0.0361. The van der Waals surface area contributed by atoms with E-state index in [4.69, 9.17) is 4.74 Å². The molecule has 0 radical (unpaired) electrons. The van der Waals surface area contributed by atoms with Gasteiger partial charge in [0.25, 0.3) is 0 Å². The number of hydrogen-bond acceptors (Lipinski definition) is 2. The predicted molar refractivity (Wildman–Crippen MR) is 98.5 cm³/mol. The van der Waals surface area contributed by atoms with Gasteiger partial charge in [-0.3, -0.25) is 4.79 Å². The summed E-state index contributed by atoms with van der Waals surface area (Å²) >= 11 is 0. The van der Waals surface area contributed by atoms with Crippen molar-refractivity contribution in [3.8, 4) is 5.75 Å². The normalized spacial score (nSPS) is 20.9. The maximum absolute atomic E-state index is 13.1. The average Bonchev–Trinajstić information content (AvgIpc) is 2.64. The third kappa shape index (κ3) is 3.59. The number of hydrogen-bond donors (Lipinski definition) is 1. The molecule has 4 heteroatoms. The molecule has 136 valence electrons. The lowest BCUT2D eigenvalue weighted by Gasteiger charge is -2.44. The van der Waals surface area contributed by atoms with Crippen LogP contribution in [-0.4, -0.2) is 11.5 Å². The van der Waals surface area contributed by atoms with E-state index < -0.39 is 0 Å². The van der Waals surface area contributed by atoms with E-state index >= 15 is 0 Å². The first-order valence-electron chi connectivity index (χ1n) is 9.45. The van der Waals surface area contributed by atoms with E-state index in [1.165, 1.54) is 31.4 Å². The van der Waals surface area contributed by atoms with E-state index in [9.17, 15) is 9.18 Å². The number of ether oxygens (including phenoxy) is 1. The molecule has 1 amide bonds. The fourth-order valence-electron chi connectivity index (χ4n) is 4.28. The third-order valence-corrected chi connectivity index (χ3v) is 5.57. The van der Waals surface area contributed by atoms with Gasteiger partial charge in [0.2, 0.25) is 5.91 Å². The van der Waals surface area contributed by atoms with Crippen LogP contribution in [0.1, 0.15) is 55.7 Å².